The summed E-state index contributed by atoms with van der Waals surface area (Å²) in [6.07, 6.45) is 0. The van der Waals surface area contributed by atoms with E-state index in [1.807, 2.05) is 24.3 Å². The fraction of sp³-hybridized carbons (Fsp3) is 0.333. The van der Waals surface area contributed by atoms with Crippen molar-refractivity contribution in [2.24, 2.45) is 0 Å². The third-order valence-electron chi connectivity index (χ3n) is 4.38. The van der Waals surface area contributed by atoms with Crippen LogP contribution in [0.25, 0.3) is 0 Å². The number of benzene rings is 1. The summed E-state index contributed by atoms with van der Waals surface area (Å²) >= 11 is 0. The number of halogens is 1. The maximum absolute atomic E-state index is 12.5. The third kappa shape index (κ3) is 3.39. The van der Waals surface area contributed by atoms with Gasteiger partial charge in [-0.1, -0.05) is 0 Å². The molecule has 0 saturated carbocycles. The van der Waals surface area contributed by atoms with E-state index in [1.54, 1.807) is 7.11 Å². The van der Waals surface area contributed by atoms with Crippen LogP contribution in [0.1, 0.15) is 28.7 Å². The predicted octanol–water partition coefficient (Wildman–Crippen LogP) is -0.473. The first kappa shape index (κ1) is 17.5. The highest BCUT2D eigenvalue weighted by atomic mass is 79.9. The second-order valence-electron chi connectivity index (χ2n) is 5.67. The van der Waals surface area contributed by atoms with Gasteiger partial charge in [0.1, 0.15) is 11.4 Å². The average molecular weight is 377 g/mol. The van der Waals surface area contributed by atoms with Crippen molar-refractivity contribution < 1.29 is 31.1 Å². The molecule has 3 rings (SSSR count). The molecular weight excluding hydrogens is 356 g/mol. The molecule has 0 N–H and O–H groups in total. The lowest BCUT2D eigenvalue weighted by Gasteiger charge is -2.17. The molecule has 0 saturated heterocycles. The van der Waals surface area contributed by atoms with Crippen molar-refractivity contribution >= 4 is 11.5 Å². The third-order valence-corrected chi connectivity index (χ3v) is 4.38. The van der Waals surface area contributed by atoms with Crippen LogP contribution in [0.5, 0.6) is 5.75 Å². The summed E-state index contributed by atoms with van der Waals surface area (Å²) in [5, 5.41) is 0. The van der Waals surface area contributed by atoms with Crippen molar-refractivity contribution in [2.45, 2.75) is 20.4 Å². The molecule has 1 aliphatic rings. The second kappa shape index (κ2) is 7.13. The van der Waals surface area contributed by atoms with E-state index >= 15 is 0 Å². The number of aryl methyl sites for hydroxylation is 1. The minimum atomic E-state index is 0. The van der Waals surface area contributed by atoms with E-state index in [1.165, 1.54) is 17.1 Å². The summed E-state index contributed by atoms with van der Waals surface area (Å²) < 4.78 is 9.61. The molecule has 0 atom stereocenters. The van der Waals surface area contributed by atoms with E-state index in [4.69, 9.17) is 4.74 Å². The Morgan fingerprint density at radius 3 is 2.52 bits per heavy atom. The molecule has 0 spiro atoms. The van der Waals surface area contributed by atoms with Crippen molar-refractivity contribution in [3.8, 4) is 5.75 Å². The highest BCUT2D eigenvalue weighted by molar-refractivity contribution is 5.99. The van der Waals surface area contributed by atoms with Crippen LogP contribution in [0.4, 0.5) is 0 Å². The number of carbonyl (C=O) groups excluding carboxylic acids is 1. The first-order valence-electron chi connectivity index (χ1n) is 7.52. The summed E-state index contributed by atoms with van der Waals surface area (Å²) in [6.45, 7) is 6.43. The summed E-state index contributed by atoms with van der Waals surface area (Å²) in [6, 6.07) is 11.6. The predicted molar refractivity (Wildman–Crippen MR) is 86.3 cm³/mol. The van der Waals surface area contributed by atoms with Gasteiger partial charge in [-0.05, 0) is 43.3 Å². The molecule has 0 bridgehead atoms. The minimum Gasteiger partial charge on any atom is -1.00 e. The van der Waals surface area contributed by atoms with Crippen LogP contribution in [0.3, 0.4) is 0 Å². The quantitative estimate of drug-likeness (QED) is 0.533. The van der Waals surface area contributed by atoms with Crippen LogP contribution in [-0.4, -0.2) is 40.8 Å². The van der Waals surface area contributed by atoms with Gasteiger partial charge in [-0.2, -0.15) is 0 Å². The highest BCUT2D eigenvalue weighted by Gasteiger charge is 2.25. The van der Waals surface area contributed by atoms with E-state index in [0.29, 0.717) is 6.54 Å². The van der Waals surface area contributed by atoms with Gasteiger partial charge in [-0.3, -0.25) is 4.79 Å². The number of aromatic nitrogens is 1. The Bertz CT molecular complexity index is 745. The summed E-state index contributed by atoms with van der Waals surface area (Å²) in [5.74, 6) is 0.907. The molecule has 1 aliphatic heterocycles. The number of methoxy groups -OCH3 is 1. The molecular formula is C18H21BrN2O2. The first-order chi connectivity index (χ1) is 10.6. The normalized spacial score (nSPS) is 13.3. The number of carbonyl (C=O) groups is 1. The van der Waals surface area contributed by atoms with E-state index in [-0.39, 0.29) is 22.8 Å². The van der Waals surface area contributed by atoms with Gasteiger partial charge < -0.3 is 26.3 Å². The molecule has 1 aromatic heterocycles. The van der Waals surface area contributed by atoms with Crippen molar-refractivity contribution in [3.05, 3.63) is 53.3 Å². The highest BCUT2D eigenvalue weighted by Crippen LogP contribution is 2.15. The molecule has 0 fully saturated rings. The molecule has 2 heterocycles. The van der Waals surface area contributed by atoms with Gasteiger partial charge in [0.05, 0.1) is 13.7 Å². The fourth-order valence-electron chi connectivity index (χ4n) is 2.97. The van der Waals surface area contributed by atoms with Crippen molar-refractivity contribution in [1.82, 2.24) is 4.57 Å². The van der Waals surface area contributed by atoms with E-state index < -0.39 is 0 Å². The number of Topliss-reactive ketones (excluding diaryl/α,β-unsaturated/α-hetero) is 1. The molecule has 0 amide bonds. The maximum atomic E-state index is 12.5. The SMILES string of the molecule is COc1ccc(C(=O)C[N+]2=C(C)c3ccc(C)n3CC2)cc1.[Br-]. The number of nitrogens with zero attached hydrogens (tertiary/aromatic N) is 2. The van der Waals surface area contributed by atoms with Crippen LogP contribution in [-0.2, 0) is 6.54 Å². The van der Waals surface area contributed by atoms with Crippen molar-refractivity contribution in [2.75, 3.05) is 20.2 Å². The number of ketones is 1. The van der Waals surface area contributed by atoms with Crippen LogP contribution >= 0.6 is 0 Å². The Hall–Kier alpha value is -1.88. The summed E-state index contributed by atoms with van der Waals surface area (Å²) in [5.41, 5.74) is 4.38. The van der Waals surface area contributed by atoms with Crippen molar-refractivity contribution in [1.29, 1.82) is 0 Å². The van der Waals surface area contributed by atoms with Crippen LogP contribution in [0.15, 0.2) is 36.4 Å². The van der Waals surface area contributed by atoms with Crippen LogP contribution < -0.4 is 21.7 Å². The average Bonchev–Trinajstić information content (AvgIpc) is 2.92. The van der Waals surface area contributed by atoms with Crippen molar-refractivity contribution in [3.63, 3.8) is 0 Å². The van der Waals surface area contributed by atoms with Gasteiger partial charge in [0, 0.05) is 18.2 Å². The molecule has 0 radical (unpaired) electrons. The van der Waals surface area contributed by atoms with Gasteiger partial charge >= 0.3 is 0 Å². The zero-order valence-corrected chi connectivity index (χ0v) is 15.3. The van der Waals surface area contributed by atoms with Gasteiger partial charge in [0.2, 0.25) is 12.3 Å². The standard InChI is InChI=1S/C18H21N2O2.BrH/c1-13-4-9-17-14(2)19(10-11-20(13)17)12-18(21)15-5-7-16(22-3)8-6-15;/h4-9H,10-12H2,1-3H3;1H/q+1;/p-1. The smallest absolute Gasteiger partial charge is 0.227 e. The molecule has 1 aromatic carbocycles. The van der Waals surface area contributed by atoms with E-state index in [0.717, 1.165) is 24.4 Å². The Morgan fingerprint density at radius 1 is 1.17 bits per heavy atom. The monoisotopic (exact) mass is 376 g/mol. The van der Waals surface area contributed by atoms with Gasteiger partial charge in [0.25, 0.3) is 0 Å². The number of hydrogen-bond donors (Lipinski definition) is 0. The zero-order valence-electron chi connectivity index (χ0n) is 13.7. The Balaban J connectivity index is 0.00000192. The number of ether oxygens (including phenoxy) is 1. The fourth-order valence-corrected chi connectivity index (χ4v) is 2.97. The molecule has 5 heteroatoms. The number of hydrogen-bond acceptors (Lipinski definition) is 2. The van der Waals surface area contributed by atoms with Gasteiger partial charge in [-0.25, -0.2) is 4.58 Å². The van der Waals surface area contributed by atoms with Crippen LogP contribution in [0.2, 0.25) is 0 Å². The number of rotatable bonds is 4. The lowest BCUT2D eigenvalue weighted by Crippen LogP contribution is -3.00. The van der Waals surface area contributed by atoms with Gasteiger partial charge in [0.15, 0.2) is 12.3 Å². The molecule has 0 unspecified atom stereocenters. The largest absolute Gasteiger partial charge is 1.00 e. The lowest BCUT2D eigenvalue weighted by atomic mass is 10.1. The summed E-state index contributed by atoms with van der Waals surface area (Å²) in [4.78, 5) is 12.5. The molecule has 2 aromatic rings. The topological polar surface area (TPSA) is 34.2 Å². The minimum absolute atomic E-state index is 0. The number of fused-ring (bicyclic) bond motifs is 1. The Morgan fingerprint density at radius 2 is 1.87 bits per heavy atom. The molecule has 4 nitrogen and oxygen atoms in total. The maximum Gasteiger partial charge on any atom is 0.227 e. The lowest BCUT2D eigenvalue weighted by molar-refractivity contribution is -0.518. The second-order valence-corrected chi connectivity index (χ2v) is 5.67. The zero-order chi connectivity index (χ0) is 15.7. The van der Waals surface area contributed by atoms with Gasteiger partial charge in [-0.15, -0.1) is 0 Å². The first-order valence-corrected chi connectivity index (χ1v) is 7.52. The molecule has 23 heavy (non-hydrogen) atoms. The Kier molecular flexibility index (Phi) is 5.42. The Labute approximate surface area is 147 Å². The van der Waals surface area contributed by atoms with E-state index in [2.05, 4.69) is 35.1 Å². The summed E-state index contributed by atoms with van der Waals surface area (Å²) in [7, 11) is 1.62. The van der Waals surface area contributed by atoms with E-state index in [9.17, 15) is 4.79 Å². The van der Waals surface area contributed by atoms with Crippen LogP contribution in [0, 0.1) is 6.92 Å². The molecule has 0 aliphatic carbocycles. The molecule has 122 valence electrons.